The molecule has 1 aliphatic carbocycles. The Hall–Kier alpha value is -1.96. The summed E-state index contributed by atoms with van der Waals surface area (Å²) in [7, 11) is 0. The Bertz CT molecular complexity index is 442. The Kier molecular flexibility index (Phi) is 2.57. The summed E-state index contributed by atoms with van der Waals surface area (Å²) >= 11 is 0. The number of aromatic nitrogens is 2. The van der Waals surface area contributed by atoms with Gasteiger partial charge in [0.25, 0.3) is 0 Å². The molecule has 0 atom stereocenters. The quantitative estimate of drug-likeness (QED) is 0.806. The summed E-state index contributed by atoms with van der Waals surface area (Å²) in [5.74, 6) is -0.197. The molecule has 1 N–H and O–H groups in total. The molecule has 1 aromatic rings. The van der Waals surface area contributed by atoms with Gasteiger partial charge in [-0.25, -0.2) is 0 Å². The SMILES string of the molecule is Cc1cnc(CNC(=O)C2(C#N)CC2)cn1. The van der Waals surface area contributed by atoms with Crippen LogP contribution in [0.1, 0.15) is 24.2 Å². The maximum Gasteiger partial charge on any atom is 0.240 e. The first kappa shape index (κ1) is 10.6. The van der Waals surface area contributed by atoms with Crippen LogP contribution in [-0.2, 0) is 11.3 Å². The van der Waals surface area contributed by atoms with Gasteiger partial charge < -0.3 is 5.32 Å². The minimum atomic E-state index is -0.766. The van der Waals surface area contributed by atoms with Crippen molar-refractivity contribution in [1.82, 2.24) is 15.3 Å². The Morgan fingerprint density at radius 1 is 1.56 bits per heavy atom. The summed E-state index contributed by atoms with van der Waals surface area (Å²) in [6.45, 7) is 2.18. The topological polar surface area (TPSA) is 78.7 Å². The van der Waals surface area contributed by atoms with E-state index in [1.807, 2.05) is 13.0 Å². The summed E-state index contributed by atoms with van der Waals surface area (Å²) in [4.78, 5) is 19.8. The fourth-order valence-electron chi connectivity index (χ4n) is 1.37. The van der Waals surface area contributed by atoms with Crippen LogP contribution in [0.2, 0.25) is 0 Å². The van der Waals surface area contributed by atoms with Gasteiger partial charge in [0.15, 0.2) is 0 Å². The molecule has 0 aromatic carbocycles. The third-order valence-corrected chi connectivity index (χ3v) is 2.66. The number of carbonyl (C=O) groups is 1. The van der Waals surface area contributed by atoms with Gasteiger partial charge in [0.2, 0.25) is 5.91 Å². The molecule has 5 nitrogen and oxygen atoms in total. The number of aryl methyl sites for hydroxylation is 1. The van der Waals surface area contributed by atoms with Crippen molar-refractivity contribution < 1.29 is 4.79 Å². The molecule has 1 aliphatic rings. The van der Waals surface area contributed by atoms with Crippen LogP contribution in [0.3, 0.4) is 0 Å². The smallest absolute Gasteiger partial charge is 0.240 e. The molecule has 1 aromatic heterocycles. The fraction of sp³-hybridized carbons (Fsp3) is 0.455. The first-order chi connectivity index (χ1) is 7.66. The molecular formula is C11H12N4O. The number of amides is 1. The lowest BCUT2D eigenvalue weighted by atomic mass is 10.1. The van der Waals surface area contributed by atoms with Crippen molar-refractivity contribution in [3.8, 4) is 6.07 Å². The van der Waals surface area contributed by atoms with Crippen molar-refractivity contribution in [3.63, 3.8) is 0 Å². The van der Waals surface area contributed by atoms with E-state index in [4.69, 9.17) is 5.26 Å². The molecule has 0 bridgehead atoms. The Morgan fingerprint density at radius 3 is 2.81 bits per heavy atom. The Labute approximate surface area is 93.5 Å². The Balaban J connectivity index is 1.91. The van der Waals surface area contributed by atoms with E-state index in [1.54, 1.807) is 12.4 Å². The number of nitrogens with zero attached hydrogens (tertiary/aromatic N) is 3. The molecule has 0 spiro atoms. The molecular weight excluding hydrogens is 204 g/mol. The van der Waals surface area contributed by atoms with Crippen LogP contribution in [-0.4, -0.2) is 15.9 Å². The number of hydrogen-bond acceptors (Lipinski definition) is 4. The van der Waals surface area contributed by atoms with Gasteiger partial charge in [-0.2, -0.15) is 5.26 Å². The van der Waals surface area contributed by atoms with Crippen molar-refractivity contribution in [1.29, 1.82) is 5.26 Å². The highest BCUT2D eigenvalue weighted by atomic mass is 16.2. The van der Waals surface area contributed by atoms with Crippen molar-refractivity contribution in [2.75, 3.05) is 0 Å². The average molecular weight is 216 g/mol. The molecule has 5 heteroatoms. The maximum atomic E-state index is 11.6. The minimum Gasteiger partial charge on any atom is -0.349 e. The lowest BCUT2D eigenvalue weighted by Gasteiger charge is -2.07. The van der Waals surface area contributed by atoms with E-state index in [0.29, 0.717) is 25.1 Å². The molecule has 2 rings (SSSR count). The lowest BCUT2D eigenvalue weighted by molar-refractivity contribution is -0.124. The number of rotatable bonds is 3. The molecule has 1 amide bonds. The number of hydrogen-bond donors (Lipinski definition) is 1. The van der Waals surface area contributed by atoms with Crippen molar-refractivity contribution in [3.05, 3.63) is 23.8 Å². The van der Waals surface area contributed by atoms with E-state index in [1.165, 1.54) is 0 Å². The van der Waals surface area contributed by atoms with Crippen molar-refractivity contribution >= 4 is 5.91 Å². The highest BCUT2D eigenvalue weighted by Crippen LogP contribution is 2.44. The third-order valence-electron chi connectivity index (χ3n) is 2.66. The zero-order valence-corrected chi connectivity index (χ0v) is 9.03. The van der Waals surface area contributed by atoms with Gasteiger partial charge in [-0.3, -0.25) is 14.8 Å². The highest BCUT2D eigenvalue weighted by Gasteiger charge is 2.50. The van der Waals surface area contributed by atoms with Gasteiger partial charge in [0.05, 0.1) is 30.2 Å². The van der Waals surface area contributed by atoms with E-state index in [9.17, 15) is 4.79 Å². The lowest BCUT2D eigenvalue weighted by Crippen LogP contribution is -2.31. The molecule has 1 saturated carbocycles. The van der Waals surface area contributed by atoms with E-state index in [-0.39, 0.29) is 5.91 Å². The van der Waals surface area contributed by atoms with Crippen molar-refractivity contribution in [2.45, 2.75) is 26.3 Å². The zero-order chi connectivity index (χ0) is 11.6. The molecule has 16 heavy (non-hydrogen) atoms. The standard InChI is InChI=1S/C11H12N4O/c1-8-4-14-9(5-13-8)6-15-10(16)11(7-12)2-3-11/h4-5H,2-3,6H2,1H3,(H,15,16). The largest absolute Gasteiger partial charge is 0.349 e. The fourth-order valence-corrected chi connectivity index (χ4v) is 1.37. The predicted octanol–water partition coefficient (Wildman–Crippen LogP) is 0.705. The first-order valence-corrected chi connectivity index (χ1v) is 5.13. The molecule has 0 saturated heterocycles. The van der Waals surface area contributed by atoms with Gasteiger partial charge in [-0.15, -0.1) is 0 Å². The van der Waals surface area contributed by atoms with Gasteiger partial charge in [0, 0.05) is 6.20 Å². The molecule has 82 valence electrons. The number of carbonyl (C=O) groups excluding carboxylic acids is 1. The minimum absolute atomic E-state index is 0.197. The third kappa shape index (κ3) is 2.01. The maximum absolute atomic E-state index is 11.6. The molecule has 0 radical (unpaired) electrons. The van der Waals surface area contributed by atoms with Crippen LogP contribution in [0.5, 0.6) is 0 Å². The van der Waals surface area contributed by atoms with Gasteiger partial charge in [-0.05, 0) is 19.8 Å². The van der Waals surface area contributed by atoms with Crippen LogP contribution in [0.25, 0.3) is 0 Å². The van der Waals surface area contributed by atoms with E-state index in [0.717, 1.165) is 5.69 Å². The second-order valence-corrected chi connectivity index (χ2v) is 4.03. The summed E-state index contributed by atoms with van der Waals surface area (Å²) in [6, 6.07) is 2.05. The van der Waals surface area contributed by atoms with Crippen molar-refractivity contribution in [2.24, 2.45) is 5.41 Å². The van der Waals surface area contributed by atoms with Gasteiger partial charge >= 0.3 is 0 Å². The monoisotopic (exact) mass is 216 g/mol. The van der Waals surface area contributed by atoms with Crippen LogP contribution in [0.4, 0.5) is 0 Å². The van der Waals surface area contributed by atoms with Gasteiger partial charge in [-0.1, -0.05) is 0 Å². The number of nitrogens with one attached hydrogen (secondary N) is 1. The summed E-state index contributed by atoms with van der Waals surface area (Å²) in [5, 5.41) is 11.5. The first-order valence-electron chi connectivity index (χ1n) is 5.13. The van der Waals surface area contributed by atoms with Crippen LogP contribution in [0.15, 0.2) is 12.4 Å². The second-order valence-electron chi connectivity index (χ2n) is 4.03. The Morgan fingerprint density at radius 2 is 2.31 bits per heavy atom. The molecule has 0 aliphatic heterocycles. The second kappa shape index (κ2) is 3.89. The van der Waals surface area contributed by atoms with Gasteiger partial charge in [0.1, 0.15) is 5.41 Å². The van der Waals surface area contributed by atoms with E-state index in [2.05, 4.69) is 15.3 Å². The molecule has 1 heterocycles. The summed E-state index contributed by atoms with van der Waals surface area (Å²) < 4.78 is 0. The number of nitriles is 1. The van der Waals surface area contributed by atoms with Crippen LogP contribution in [0, 0.1) is 23.7 Å². The summed E-state index contributed by atoms with van der Waals surface area (Å²) in [5.41, 5.74) is 0.774. The normalized spacial score (nSPS) is 16.2. The molecule has 0 unspecified atom stereocenters. The average Bonchev–Trinajstić information content (AvgIpc) is 3.09. The van der Waals surface area contributed by atoms with Crippen LogP contribution >= 0.6 is 0 Å². The predicted molar refractivity (Wildman–Crippen MR) is 55.9 cm³/mol. The van der Waals surface area contributed by atoms with E-state index < -0.39 is 5.41 Å². The van der Waals surface area contributed by atoms with E-state index >= 15 is 0 Å². The highest BCUT2D eigenvalue weighted by molar-refractivity contribution is 5.88. The molecule has 1 fully saturated rings. The zero-order valence-electron chi connectivity index (χ0n) is 9.03. The van der Waals surface area contributed by atoms with Crippen LogP contribution < -0.4 is 5.32 Å². The summed E-state index contributed by atoms with van der Waals surface area (Å²) in [6.07, 6.45) is 4.60.